The zero-order chi connectivity index (χ0) is 17.9. The summed E-state index contributed by atoms with van der Waals surface area (Å²) < 4.78 is 5.94. The fraction of sp³-hybridized carbons (Fsp3) is 0.579. The molecule has 0 bridgehead atoms. The molecule has 24 heavy (non-hydrogen) atoms. The summed E-state index contributed by atoms with van der Waals surface area (Å²) >= 11 is 0. The molecule has 0 saturated carbocycles. The lowest BCUT2D eigenvalue weighted by Gasteiger charge is -2.38. The number of nitrogens with zero attached hydrogens (tertiary/aromatic N) is 1. The van der Waals surface area contributed by atoms with Crippen molar-refractivity contribution >= 4 is 11.8 Å². The molecule has 1 aliphatic rings. The van der Waals surface area contributed by atoms with Gasteiger partial charge in [0.25, 0.3) is 0 Å². The molecule has 0 radical (unpaired) electrons. The number of nitrogens with one attached hydrogen (secondary N) is 1. The Bertz CT molecular complexity index is 607. The van der Waals surface area contributed by atoms with Crippen LogP contribution in [-0.2, 0) is 14.3 Å². The second-order valence-electron chi connectivity index (χ2n) is 7.51. The first kappa shape index (κ1) is 18.5. The molecular formula is C19H28N2O3. The van der Waals surface area contributed by atoms with E-state index in [0.29, 0.717) is 13.2 Å². The van der Waals surface area contributed by atoms with Gasteiger partial charge in [-0.1, -0.05) is 45.0 Å². The van der Waals surface area contributed by atoms with Crippen molar-refractivity contribution in [1.29, 1.82) is 0 Å². The molecule has 1 saturated heterocycles. The molecule has 0 spiro atoms. The molecule has 1 N–H and O–H groups in total. The Balaban J connectivity index is 2.02. The summed E-state index contributed by atoms with van der Waals surface area (Å²) in [5.41, 5.74) is 1.77. The number of hydrogen-bond acceptors (Lipinski definition) is 3. The summed E-state index contributed by atoms with van der Waals surface area (Å²) in [6, 6.07) is 8.07. The average molecular weight is 332 g/mol. The van der Waals surface area contributed by atoms with Crippen molar-refractivity contribution in [3.63, 3.8) is 0 Å². The average Bonchev–Trinajstić information content (AvgIpc) is 2.52. The quantitative estimate of drug-likeness (QED) is 0.925. The fourth-order valence-electron chi connectivity index (χ4n) is 2.76. The molecule has 132 valence electrons. The maximum Gasteiger partial charge on any atom is 0.242 e. The van der Waals surface area contributed by atoms with E-state index in [9.17, 15) is 9.59 Å². The molecule has 5 nitrogen and oxygen atoms in total. The lowest BCUT2D eigenvalue weighted by molar-refractivity contribution is -0.145. The van der Waals surface area contributed by atoms with E-state index in [1.807, 2.05) is 63.8 Å². The van der Waals surface area contributed by atoms with Gasteiger partial charge in [0, 0.05) is 5.41 Å². The summed E-state index contributed by atoms with van der Waals surface area (Å²) in [5.74, 6) is -0.186. The first-order valence-corrected chi connectivity index (χ1v) is 8.45. The van der Waals surface area contributed by atoms with Crippen LogP contribution in [0.1, 0.15) is 44.9 Å². The molecule has 1 fully saturated rings. The predicted molar refractivity (Wildman–Crippen MR) is 93.5 cm³/mol. The van der Waals surface area contributed by atoms with Gasteiger partial charge in [0.15, 0.2) is 0 Å². The summed E-state index contributed by atoms with van der Waals surface area (Å²) in [6.07, 6.45) is -0.121. The Morgan fingerprint density at radius 1 is 1.29 bits per heavy atom. The highest BCUT2D eigenvalue weighted by atomic mass is 16.5. The first-order chi connectivity index (χ1) is 11.2. The number of ether oxygens (including phenoxy) is 1. The lowest BCUT2D eigenvalue weighted by atomic mass is 9.96. The lowest BCUT2D eigenvalue weighted by Crippen LogP contribution is -2.52. The number of carbonyl (C=O) groups excluding carboxylic acids is 2. The Hall–Kier alpha value is -1.88. The highest BCUT2D eigenvalue weighted by molar-refractivity contribution is 5.87. The number of aryl methyl sites for hydroxylation is 1. The van der Waals surface area contributed by atoms with Crippen molar-refractivity contribution in [2.24, 2.45) is 5.41 Å². The van der Waals surface area contributed by atoms with Crippen LogP contribution in [0.15, 0.2) is 24.3 Å². The second-order valence-corrected chi connectivity index (χ2v) is 7.51. The van der Waals surface area contributed by atoms with Gasteiger partial charge in [-0.25, -0.2) is 0 Å². The molecule has 0 unspecified atom stereocenters. The minimum Gasteiger partial charge on any atom is -0.370 e. The number of amides is 2. The van der Waals surface area contributed by atoms with Crippen LogP contribution in [-0.4, -0.2) is 42.5 Å². The normalized spacial score (nSPS) is 21.5. The summed E-state index contributed by atoms with van der Waals surface area (Å²) in [5, 5.41) is 2.74. The Morgan fingerprint density at radius 2 is 1.96 bits per heavy atom. The summed E-state index contributed by atoms with van der Waals surface area (Å²) in [6.45, 7) is 10.5. The van der Waals surface area contributed by atoms with Gasteiger partial charge in [-0.15, -0.1) is 0 Å². The van der Waals surface area contributed by atoms with Crippen molar-refractivity contribution in [3.8, 4) is 0 Å². The van der Waals surface area contributed by atoms with Gasteiger partial charge in [-0.05, 0) is 25.0 Å². The fourth-order valence-corrected chi connectivity index (χ4v) is 2.76. The van der Waals surface area contributed by atoms with Crippen molar-refractivity contribution < 1.29 is 14.3 Å². The monoisotopic (exact) mass is 332 g/mol. The van der Waals surface area contributed by atoms with Crippen LogP contribution in [0.25, 0.3) is 0 Å². The maximum atomic E-state index is 12.6. The molecule has 1 heterocycles. The van der Waals surface area contributed by atoms with Gasteiger partial charge in [-0.2, -0.15) is 0 Å². The number of benzene rings is 1. The molecular weight excluding hydrogens is 304 g/mol. The van der Waals surface area contributed by atoms with Gasteiger partial charge >= 0.3 is 0 Å². The van der Waals surface area contributed by atoms with Crippen LogP contribution in [0, 0.1) is 12.3 Å². The zero-order valence-corrected chi connectivity index (χ0v) is 15.3. The first-order valence-electron chi connectivity index (χ1n) is 8.45. The largest absolute Gasteiger partial charge is 0.370 e. The van der Waals surface area contributed by atoms with Crippen LogP contribution in [0.5, 0.6) is 0 Å². The van der Waals surface area contributed by atoms with E-state index < -0.39 is 5.41 Å². The van der Waals surface area contributed by atoms with Crippen LogP contribution >= 0.6 is 0 Å². The van der Waals surface area contributed by atoms with E-state index in [2.05, 4.69) is 5.32 Å². The molecule has 2 rings (SSSR count). The SMILES string of the molecule is Cc1ccccc1[C@@H]1CN(C(=O)CNC(=O)C(C)(C)C)[C@@H](C)CO1. The molecule has 0 aliphatic carbocycles. The van der Waals surface area contributed by atoms with Crippen LogP contribution in [0.4, 0.5) is 0 Å². The molecule has 0 aromatic heterocycles. The van der Waals surface area contributed by atoms with Crippen molar-refractivity contribution in [3.05, 3.63) is 35.4 Å². The zero-order valence-electron chi connectivity index (χ0n) is 15.3. The highest BCUT2D eigenvalue weighted by Crippen LogP contribution is 2.27. The Labute approximate surface area is 144 Å². The minimum absolute atomic E-state index is 0.00399. The van der Waals surface area contributed by atoms with E-state index >= 15 is 0 Å². The van der Waals surface area contributed by atoms with E-state index in [1.54, 1.807) is 0 Å². The van der Waals surface area contributed by atoms with Crippen molar-refractivity contribution in [2.45, 2.75) is 46.8 Å². The van der Waals surface area contributed by atoms with Gasteiger partial charge in [0.05, 0.1) is 25.7 Å². The van der Waals surface area contributed by atoms with E-state index in [-0.39, 0.29) is 30.5 Å². The Kier molecular flexibility index (Phi) is 5.65. The number of carbonyl (C=O) groups is 2. The number of hydrogen-bond donors (Lipinski definition) is 1. The predicted octanol–water partition coefficient (Wildman–Crippen LogP) is 2.45. The van der Waals surface area contributed by atoms with Gasteiger partial charge in [0.2, 0.25) is 11.8 Å². The third kappa shape index (κ3) is 4.35. The standard InChI is InChI=1S/C19H28N2O3/c1-13-8-6-7-9-15(13)16-11-21(14(2)12-24-16)17(22)10-20-18(23)19(3,4)5/h6-9,14,16H,10-12H2,1-5H3,(H,20,23)/t14-,16-/m0/s1. The Morgan fingerprint density at radius 3 is 2.58 bits per heavy atom. The summed E-state index contributed by atoms with van der Waals surface area (Å²) in [4.78, 5) is 26.3. The third-order valence-corrected chi connectivity index (χ3v) is 4.37. The van der Waals surface area contributed by atoms with Gasteiger partial charge < -0.3 is 15.0 Å². The molecule has 1 aromatic rings. The molecule has 1 aromatic carbocycles. The van der Waals surface area contributed by atoms with Crippen molar-refractivity contribution in [2.75, 3.05) is 19.7 Å². The highest BCUT2D eigenvalue weighted by Gasteiger charge is 2.31. The topological polar surface area (TPSA) is 58.6 Å². The number of rotatable bonds is 3. The minimum atomic E-state index is -0.499. The third-order valence-electron chi connectivity index (χ3n) is 4.37. The van der Waals surface area contributed by atoms with E-state index in [4.69, 9.17) is 4.74 Å². The number of morpholine rings is 1. The van der Waals surface area contributed by atoms with Crippen molar-refractivity contribution in [1.82, 2.24) is 10.2 Å². The molecule has 5 heteroatoms. The smallest absolute Gasteiger partial charge is 0.242 e. The van der Waals surface area contributed by atoms with Gasteiger partial charge in [-0.3, -0.25) is 9.59 Å². The van der Waals surface area contributed by atoms with Crippen LogP contribution in [0.2, 0.25) is 0 Å². The van der Waals surface area contributed by atoms with Gasteiger partial charge in [0.1, 0.15) is 6.10 Å². The van der Waals surface area contributed by atoms with Crippen LogP contribution in [0.3, 0.4) is 0 Å². The van der Waals surface area contributed by atoms with E-state index in [0.717, 1.165) is 11.1 Å². The van der Waals surface area contributed by atoms with Crippen LogP contribution < -0.4 is 5.32 Å². The molecule has 1 aliphatic heterocycles. The second kappa shape index (κ2) is 7.34. The maximum absolute atomic E-state index is 12.6. The summed E-state index contributed by atoms with van der Waals surface area (Å²) in [7, 11) is 0. The molecule has 2 amide bonds. The van der Waals surface area contributed by atoms with E-state index in [1.165, 1.54) is 0 Å². The molecule has 2 atom stereocenters.